The molecule has 0 saturated carbocycles. The zero-order valence-corrected chi connectivity index (χ0v) is 33.0. The number of amides is 2. The number of fused-ring (bicyclic) bond motifs is 14. The van der Waals surface area contributed by atoms with E-state index in [4.69, 9.17) is 18.9 Å². The molecular weight excluding hydrogens is 730 g/mol. The van der Waals surface area contributed by atoms with Crippen molar-refractivity contribution < 1.29 is 63.7 Å². The number of hydrazone groups is 1. The molecule has 56 heavy (non-hydrogen) atoms. The molecule has 16 nitrogen and oxygen atoms in total. The second-order valence-electron chi connectivity index (χ2n) is 14.5. The zero-order chi connectivity index (χ0) is 42.0. The lowest BCUT2D eigenvalue weighted by Crippen LogP contribution is -2.46. The van der Waals surface area contributed by atoms with Crippen LogP contribution in [0.3, 0.4) is 0 Å². The molecule has 3 aliphatic heterocycles. The van der Waals surface area contributed by atoms with E-state index in [9.17, 15) is 44.7 Å². The molecule has 9 unspecified atom stereocenters. The van der Waals surface area contributed by atoms with Crippen molar-refractivity contribution in [2.75, 3.05) is 12.4 Å². The molecule has 2 aromatic rings. The molecule has 0 radical (unpaired) electrons. The monoisotopic (exact) mass is 781 g/mol. The summed E-state index contributed by atoms with van der Waals surface area (Å²) in [5, 5.41) is 63.2. The van der Waals surface area contributed by atoms with E-state index in [0.29, 0.717) is 0 Å². The summed E-state index contributed by atoms with van der Waals surface area (Å²) in [6.45, 7) is 13.4. The van der Waals surface area contributed by atoms with Gasteiger partial charge in [-0.05, 0) is 19.9 Å². The van der Waals surface area contributed by atoms with Gasteiger partial charge in [-0.2, -0.15) is 5.10 Å². The van der Waals surface area contributed by atoms with E-state index in [0.717, 1.165) is 12.5 Å². The molecule has 9 atom stereocenters. The van der Waals surface area contributed by atoms with E-state index >= 15 is 0 Å². The smallest absolute Gasteiger partial charge is 0.312 e. The van der Waals surface area contributed by atoms with Crippen LogP contribution in [0.15, 0.2) is 41.2 Å². The summed E-state index contributed by atoms with van der Waals surface area (Å²) < 4.78 is 23.3. The van der Waals surface area contributed by atoms with Gasteiger partial charge in [-0.15, -0.1) is 0 Å². The zero-order valence-electron chi connectivity index (χ0n) is 33.0. The summed E-state index contributed by atoms with van der Waals surface area (Å²) in [6.07, 6.45) is 4.19. The van der Waals surface area contributed by atoms with Crippen molar-refractivity contribution in [2.24, 2.45) is 28.8 Å². The van der Waals surface area contributed by atoms with Gasteiger partial charge < -0.3 is 49.8 Å². The molecule has 7 N–H and O–H groups in total. The van der Waals surface area contributed by atoms with Crippen LogP contribution >= 0.6 is 0 Å². The van der Waals surface area contributed by atoms with Crippen LogP contribution in [0.5, 0.6) is 23.0 Å². The molecule has 0 aromatic heterocycles. The predicted molar refractivity (Wildman–Crippen MR) is 205 cm³/mol. The van der Waals surface area contributed by atoms with Crippen LogP contribution in [-0.2, 0) is 28.6 Å². The summed E-state index contributed by atoms with van der Waals surface area (Å²) >= 11 is 0. The van der Waals surface area contributed by atoms with Gasteiger partial charge >= 0.3 is 11.8 Å². The van der Waals surface area contributed by atoms with Crippen molar-refractivity contribution in [3.8, 4) is 23.0 Å². The Morgan fingerprint density at radius 1 is 0.946 bits per heavy atom. The van der Waals surface area contributed by atoms with E-state index in [1.165, 1.54) is 60.0 Å². The number of nitrogens with one attached hydrogen (secondary N) is 2. The van der Waals surface area contributed by atoms with Gasteiger partial charge in [-0.25, -0.2) is 5.43 Å². The lowest BCUT2D eigenvalue weighted by Gasteiger charge is -2.38. The van der Waals surface area contributed by atoms with Crippen LogP contribution in [-0.4, -0.2) is 92.6 Å². The van der Waals surface area contributed by atoms with E-state index in [2.05, 4.69) is 15.8 Å². The average Bonchev–Trinajstić information content (AvgIpc) is 3.41. The number of allylic oxidation sites excluding steroid dienone is 2. The minimum atomic E-state index is -2.09. The molecular formula is C40H51N3O13. The molecule has 0 aliphatic carbocycles. The second-order valence-corrected chi connectivity index (χ2v) is 14.5. The Balaban J connectivity index is 1.98. The number of phenols is 3. The highest BCUT2D eigenvalue weighted by molar-refractivity contribution is 6.23. The molecule has 2 amide bonds. The van der Waals surface area contributed by atoms with Crippen molar-refractivity contribution in [3.63, 3.8) is 0 Å². The van der Waals surface area contributed by atoms with Gasteiger partial charge in [0.15, 0.2) is 5.75 Å². The van der Waals surface area contributed by atoms with Crippen LogP contribution in [0, 0.1) is 30.6 Å². The quantitative estimate of drug-likeness (QED) is 0.0757. The van der Waals surface area contributed by atoms with Gasteiger partial charge in [-0.1, -0.05) is 45.9 Å². The fourth-order valence-electron chi connectivity index (χ4n) is 7.06. The van der Waals surface area contributed by atoms with E-state index in [1.54, 1.807) is 33.8 Å². The lowest BCUT2D eigenvalue weighted by molar-refractivity contribution is -0.160. The number of carbonyl (C=O) groups is 4. The Labute approximate surface area is 324 Å². The van der Waals surface area contributed by atoms with Gasteiger partial charge in [0.1, 0.15) is 23.4 Å². The second kappa shape index (κ2) is 17.1. The molecule has 3 aliphatic rings. The minimum Gasteiger partial charge on any atom is -0.507 e. The molecule has 304 valence electrons. The number of aromatic hydroxyl groups is 3. The maximum Gasteiger partial charge on any atom is 0.312 e. The number of esters is 1. The number of rotatable bonds is 4. The Bertz CT molecular complexity index is 2020. The largest absolute Gasteiger partial charge is 0.507 e. The fourth-order valence-corrected chi connectivity index (χ4v) is 7.06. The molecule has 0 saturated heterocycles. The number of phenolic OH excluding ortho intramolecular Hbond substituents is 3. The van der Waals surface area contributed by atoms with Gasteiger partial charge in [0.25, 0.3) is 11.7 Å². The Morgan fingerprint density at radius 3 is 2.21 bits per heavy atom. The molecule has 3 heterocycles. The van der Waals surface area contributed by atoms with Gasteiger partial charge in [0, 0.05) is 68.1 Å². The van der Waals surface area contributed by atoms with Crippen molar-refractivity contribution in [1.82, 2.24) is 5.43 Å². The van der Waals surface area contributed by atoms with Crippen molar-refractivity contribution in [1.29, 1.82) is 0 Å². The van der Waals surface area contributed by atoms with Gasteiger partial charge in [0.2, 0.25) is 5.91 Å². The van der Waals surface area contributed by atoms with Gasteiger partial charge in [0.05, 0.1) is 53.0 Å². The number of benzene rings is 2. The SMILES string of the molecule is COC1/C=C/OC2(C)Oc3c(C)c(O)c4c(O)c(c(/C=N/NC(C)=O)c(O)c4c3C2=O)NC(=O)C(C)=C/C=C/C(C)C(O)C(C)C(O)C(C)C(OC(C)=O)C1C. The number of carbonyl (C=O) groups excluding carboxylic acids is 4. The van der Waals surface area contributed by atoms with E-state index < -0.39 is 106 Å². The van der Waals surface area contributed by atoms with Crippen LogP contribution in [0.25, 0.3) is 10.8 Å². The first-order valence-electron chi connectivity index (χ1n) is 18.1. The third-order valence-corrected chi connectivity index (χ3v) is 10.4. The standard InChI is InChI=1S/C40H51N3O13/c1-17-12-11-13-18(2)39(52)42-30-25(16-41-43-23(7)44)34(49)27-28(35(30)50)33(48)22(6)37-29(27)38(51)40(9,56-37)54-15-14-26(53-10)19(3)36(55-24(8)45)21(5)32(47)20(4)31(17)46/h11-17,19-21,26,31-32,36,46-50H,1-10H3,(H,42,52)(H,43,44)/b12-11+,15-14+,18-13?,41-16+. The summed E-state index contributed by atoms with van der Waals surface area (Å²) in [5.74, 6) is -9.60. The van der Waals surface area contributed by atoms with Crippen molar-refractivity contribution >= 4 is 46.2 Å². The summed E-state index contributed by atoms with van der Waals surface area (Å²) in [6, 6.07) is 0. The lowest BCUT2D eigenvalue weighted by atomic mass is 9.78. The number of Topliss-reactive ketones (excluding diaryl/α,β-unsaturated/α-hetero) is 1. The van der Waals surface area contributed by atoms with Gasteiger partial charge in [-0.3, -0.25) is 19.2 Å². The third-order valence-electron chi connectivity index (χ3n) is 10.4. The third kappa shape index (κ3) is 8.37. The first-order valence-corrected chi connectivity index (χ1v) is 18.1. The maximum atomic E-state index is 14.2. The number of nitrogens with zero attached hydrogens (tertiary/aromatic N) is 1. The van der Waals surface area contributed by atoms with Crippen molar-refractivity contribution in [2.45, 2.75) is 92.5 Å². The Morgan fingerprint density at radius 2 is 1.61 bits per heavy atom. The number of anilines is 1. The number of hydrogen-bond acceptors (Lipinski definition) is 14. The number of ether oxygens (including phenoxy) is 4. The maximum absolute atomic E-state index is 14.2. The van der Waals surface area contributed by atoms with Crippen LogP contribution in [0.1, 0.15) is 76.9 Å². The molecule has 0 spiro atoms. The van der Waals surface area contributed by atoms with E-state index in [1.807, 2.05) is 0 Å². The highest BCUT2D eigenvalue weighted by Gasteiger charge is 2.50. The first-order chi connectivity index (χ1) is 26.2. The highest BCUT2D eigenvalue weighted by Crippen LogP contribution is 2.55. The molecule has 2 aromatic carbocycles. The Kier molecular flexibility index (Phi) is 13.2. The predicted octanol–water partition coefficient (Wildman–Crippen LogP) is 4.22. The number of ketones is 1. The topological polar surface area (TPSA) is 243 Å². The Hall–Kier alpha value is -5.45. The van der Waals surface area contributed by atoms with E-state index in [-0.39, 0.29) is 33.4 Å². The summed E-state index contributed by atoms with van der Waals surface area (Å²) in [5.41, 5.74) is 1.28. The number of hydrogen-bond donors (Lipinski definition) is 7. The molecule has 5 rings (SSSR count). The van der Waals surface area contributed by atoms with Crippen molar-refractivity contribution in [3.05, 3.63) is 52.8 Å². The average molecular weight is 782 g/mol. The minimum absolute atomic E-state index is 0.00113. The van der Waals surface area contributed by atoms with Crippen LogP contribution in [0.4, 0.5) is 5.69 Å². The molecule has 16 heteroatoms. The fraction of sp³-hybridized carbons (Fsp3) is 0.475. The number of methoxy groups -OCH3 is 1. The summed E-state index contributed by atoms with van der Waals surface area (Å²) in [7, 11) is 1.41. The van der Waals surface area contributed by atoms with Crippen LogP contribution in [0.2, 0.25) is 0 Å². The highest BCUT2D eigenvalue weighted by atomic mass is 16.7. The van der Waals surface area contributed by atoms with Crippen LogP contribution < -0.4 is 15.5 Å². The number of aliphatic hydroxyl groups excluding tert-OH is 2. The first kappa shape index (κ1) is 43.3. The number of aliphatic hydroxyl groups is 2. The molecule has 0 fully saturated rings. The molecule has 5 bridgehead atoms. The summed E-state index contributed by atoms with van der Waals surface area (Å²) in [4.78, 5) is 51.7. The normalized spacial score (nSPS) is 30.0.